The molecule has 28 heavy (non-hydrogen) atoms. The molecule has 148 valence electrons. The van der Waals surface area contributed by atoms with Crippen LogP contribution in [0.5, 0.6) is 11.6 Å². The number of ether oxygens (including phenoxy) is 2. The van der Waals surface area contributed by atoms with Crippen molar-refractivity contribution < 1.29 is 23.5 Å². The number of halogens is 1. The van der Waals surface area contributed by atoms with Crippen molar-refractivity contribution in [2.45, 2.75) is 45.0 Å². The van der Waals surface area contributed by atoms with Gasteiger partial charge in [-0.1, -0.05) is 0 Å². The third-order valence-electron chi connectivity index (χ3n) is 5.42. The highest BCUT2D eigenvalue weighted by Gasteiger charge is 2.63. The molecule has 0 radical (unpaired) electrons. The molecular weight excluding hydrogens is 365 g/mol. The number of carbonyl (C=O) groups excluding carboxylic acids is 2. The molecule has 4 rings (SSSR count). The molecule has 8 heteroatoms. The quantitative estimate of drug-likeness (QED) is 0.790. The molecule has 2 heterocycles. The summed E-state index contributed by atoms with van der Waals surface area (Å²) in [6, 6.07) is 4.67. The second-order valence-electron chi connectivity index (χ2n) is 7.68. The predicted molar refractivity (Wildman–Crippen MR) is 100 cm³/mol. The van der Waals surface area contributed by atoms with E-state index in [1.165, 1.54) is 0 Å². The number of hydrogen-bond acceptors (Lipinski definition) is 5. The number of nitrogens with one attached hydrogen (secondary N) is 1. The Hall–Kier alpha value is -2.90. The number of hydrogen-bond donors (Lipinski definition) is 2. The number of primary amides is 1. The SMILES string of the molecule is CC(C)Oc1cc2c(OC[C@@H]3NC(=O)C(F)C34CC4)nccc2cc1C(N)=O. The minimum absolute atomic E-state index is 0.121. The molecule has 2 aliphatic rings. The molecule has 2 atom stereocenters. The summed E-state index contributed by atoms with van der Waals surface area (Å²) in [5.74, 6) is -0.482. The Morgan fingerprint density at radius 1 is 1.43 bits per heavy atom. The lowest BCUT2D eigenvalue weighted by atomic mass is 9.96. The summed E-state index contributed by atoms with van der Waals surface area (Å²) in [4.78, 5) is 27.8. The van der Waals surface area contributed by atoms with E-state index in [1.54, 1.807) is 24.4 Å². The largest absolute Gasteiger partial charge is 0.490 e. The van der Waals surface area contributed by atoms with Gasteiger partial charge in [-0.25, -0.2) is 9.37 Å². The molecule has 0 bridgehead atoms. The fourth-order valence-corrected chi connectivity index (χ4v) is 3.78. The summed E-state index contributed by atoms with van der Waals surface area (Å²) in [6.45, 7) is 3.82. The topological polar surface area (TPSA) is 104 Å². The molecule has 1 saturated carbocycles. The lowest BCUT2D eigenvalue weighted by Gasteiger charge is -2.19. The third kappa shape index (κ3) is 3.02. The Kier molecular flexibility index (Phi) is 4.36. The van der Waals surface area contributed by atoms with E-state index in [-0.39, 0.29) is 24.3 Å². The molecule has 2 fully saturated rings. The molecule has 1 saturated heterocycles. The molecule has 1 spiro atoms. The average molecular weight is 387 g/mol. The van der Waals surface area contributed by atoms with Gasteiger partial charge in [0.25, 0.3) is 11.8 Å². The van der Waals surface area contributed by atoms with Gasteiger partial charge in [-0.2, -0.15) is 0 Å². The van der Waals surface area contributed by atoms with Gasteiger partial charge in [-0.3, -0.25) is 9.59 Å². The van der Waals surface area contributed by atoms with E-state index < -0.39 is 23.4 Å². The van der Waals surface area contributed by atoms with Crippen LogP contribution in [0, 0.1) is 5.41 Å². The molecule has 1 aromatic heterocycles. The van der Waals surface area contributed by atoms with Crippen LogP contribution < -0.4 is 20.5 Å². The van der Waals surface area contributed by atoms with Crippen molar-refractivity contribution in [2.24, 2.45) is 11.1 Å². The lowest BCUT2D eigenvalue weighted by Crippen LogP contribution is -2.36. The number of aromatic nitrogens is 1. The number of carbonyl (C=O) groups is 2. The van der Waals surface area contributed by atoms with Gasteiger partial charge in [-0.05, 0) is 50.3 Å². The first-order chi connectivity index (χ1) is 13.3. The zero-order chi connectivity index (χ0) is 20.1. The van der Waals surface area contributed by atoms with Crippen LogP contribution in [-0.4, -0.2) is 41.7 Å². The van der Waals surface area contributed by atoms with Gasteiger partial charge < -0.3 is 20.5 Å². The number of fused-ring (bicyclic) bond motifs is 1. The van der Waals surface area contributed by atoms with Crippen LogP contribution in [0.4, 0.5) is 4.39 Å². The maximum absolute atomic E-state index is 14.1. The van der Waals surface area contributed by atoms with Crippen LogP contribution in [-0.2, 0) is 4.79 Å². The Balaban J connectivity index is 1.64. The fraction of sp³-hybridized carbons (Fsp3) is 0.450. The number of benzene rings is 1. The monoisotopic (exact) mass is 387 g/mol. The van der Waals surface area contributed by atoms with Crippen LogP contribution >= 0.6 is 0 Å². The van der Waals surface area contributed by atoms with Crippen LogP contribution in [0.1, 0.15) is 37.0 Å². The van der Waals surface area contributed by atoms with Crippen LogP contribution in [0.25, 0.3) is 10.8 Å². The first-order valence-electron chi connectivity index (χ1n) is 9.28. The highest BCUT2D eigenvalue weighted by Crippen LogP contribution is 2.55. The third-order valence-corrected chi connectivity index (χ3v) is 5.42. The van der Waals surface area contributed by atoms with Crippen LogP contribution in [0.15, 0.2) is 24.4 Å². The zero-order valence-corrected chi connectivity index (χ0v) is 15.7. The molecule has 2 amide bonds. The standard InChI is InChI=1S/C20H22FN3O4/c1-10(2)28-14-8-12-11(7-13(14)17(22)25)3-6-23-19(12)27-9-15-20(4-5-20)16(21)18(26)24-15/h3,6-8,10,15-16H,4-5,9H2,1-2H3,(H2,22,25)(H,24,26)/t15-,16?/m0/s1. The molecule has 1 unspecified atom stereocenters. The Morgan fingerprint density at radius 2 is 2.18 bits per heavy atom. The van der Waals surface area contributed by atoms with E-state index in [2.05, 4.69) is 10.3 Å². The van der Waals surface area contributed by atoms with Crippen molar-refractivity contribution in [3.05, 3.63) is 30.0 Å². The molecule has 3 N–H and O–H groups in total. The van der Waals surface area contributed by atoms with Crippen molar-refractivity contribution in [3.8, 4) is 11.6 Å². The highest BCUT2D eigenvalue weighted by molar-refractivity contribution is 6.01. The second-order valence-corrected chi connectivity index (χ2v) is 7.68. The summed E-state index contributed by atoms with van der Waals surface area (Å²) >= 11 is 0. The Bertz CT molecular complexity index is 958. The average Bonchev–Trinajstić information content (AvgIpc) is 3.40. The molecule has 2 aromatic rings. The van der Waals surface area contributed by atoms with E-state index in [1.807, 2.05) is 13.8 Å². The van der Waals surface area contributed by atoms with Gasteiger partial charge in [0, 0.05) is 17.0 Å². The number of pyridine rings is 1. The number of alkyl halides is 1. The Morgan fingerprint density at radius 3 is 2.82 bits per heavy atom. The summed E-state index contributed by atoms with van der Waals surface area (Å²) in [6.07, 6.45) is 1.26. The summed E-state index contributed by atoms with van der Waals surface area (Å²) in [5, 5.41) is 4.05. The molecule has 7 nitrogen and oxygen atoms in total. The lowest BCUT2D eigenvalue weighted by molar-refractivity contribution is -0.124. The highest BCUT2D eigenvalue weighted by atomic mass is 19.1. The van der Waals surface area contributed by atoms with Gasteiger partial charge in [0.1, 0.15) is 12.4 Å². The fourth-order valence-electron chi connectivity index (χ4n) is 3.78. The van der Waals surface area contributed by atoms with E-state index in [9.17, 15) is 14.0 Å². The molecular formula is C20H22FN3O4. The van der Waals surface area contributed by atoms with Gasteiger partial charge in [0.05, 0.1) is 17.7 Å². The zero-order valence-electron chi connectivity index (χ0n) is 15.7. The summed E-state index contributed by atoms with van der Waals surface area (Å²) in [7, 11) is 0. The second kappa shape index (κ2) is 6.61. The first-order valence-corrected chi connectivity index (χ1v) is 9.28. The number of amides is 2. The van der Waals surface area contributed by atoms with Crippen LogP contribution in [0.3, 0.4) is 0 Å². The minimum atomic E-state index is -1.48. The first kappa shape index (κ1) is 18.5. The Labute approximate surface area is 161 Å². The maximum Gasteiger partial charge on any atom is 0.255 e. The molecule has 1 aliphatic heterocycles. The van der Waals surface area contributed by atoms with Gasteiger partial charge in [0.15, 0.2) is 6.17 Å². The summed E-state index contributed by atoms with van der Waals surface area (Å²) < 4.78 is 25.7. The van der Waals surface area contributed by atoms with Gasteiger partial charge in [0.2, 0.25) is 5.88 Å². The van der Waals surface area contributed by atoms with Crippen molar-refractivity contribution in [1.29, 1.82) is 0 Å². The number of rotatable bonds is 6. The smallest absolute Gasteiger partial charge is 0.255 e. The van der Waals surface area contributed by atoms with Crippen LogP contribution in [0.2, 0.25) is 0 Å². The number of nitrogens with two attached hydrogens (primary N) is 1. The van der Waals surface area contributed by atoms with Crippen molar-refractivity contribution in [2.75, 3.05) is 6.61 Å². The maximum atomic E-state index is 14.1. The van der Waals surface area contributed by atoms with Crippen molar-refractivity contribution in [1.82, 2.24) is 10.3 Å². The van der Waals surface area contributed by atoms with E-state index in [0.29, 0.717) is 29.9 Å². The van der Waals surface area contributed by atoms with E-state index >= 15 is 0 Å². The molecule has 1 aliphatic carbocycles. The van der Waals surface area contributed by atoms with Gasteiger partial charge in [-0.15, -0.1) is 0 Å². The predicted octanol–water partition coefficient (Wildman–Crippen LogP) is 2.12. The minimum Gasteiger partial charge on any atom is -0.490 e. The number of nitrogens with zero attached hydrogens (tertiary/aromatic N) is 1. The van der Waals surface area contributed by atoms with Gasteiger partial charge >= 0.3 is 0 Å². The van der Waals surface area contributed by atoms with E-state index in [0.717, 1.165) is 5.39 Å². The van der Waals surface area contributed by atoms with Crippen molar-refractivity contribution >= 4 is 22.6 Å². The summed E-state index contributed by atoms with van der Waals surface area (Å²) in [5.41, 5.74) is 5.11. The van der Waals surface area contributed by atoms with E-state index in [4.69, 9.17) is 15.2 Å². The molecule has 1 aromatic carbocycles. The van der Waals surface area contributed by atoms with Crippen molar-refractivity contribution in [3.63, 3.8) is 0 Å². The normalized spacial score (nSPS) is 22.5.